The molecule has 1 N–H and O–H groups in total. The van der Waals surface area contributed by atoms with E-state index >= 15 is 0 Å². The molecular formula is C10H19BrN+. The summed E-state index contributed by atoms with van der Waals surface area (Å²) in [5.41, 5.74) is 0. The van der Waals surface area contributed by atoms with Crippen LogP contribution in [-0.2, 0) is 0 Å². The highest BCUT2D eigenvalue weighted by molar-refractivity contribution is 9.09. The lowest BCUT2D eigenvalue weighted by atomic mass is 9.85. The maximum Gasteiger partial charge on any atom is 0.0911 e. The first-order chi connectivity index (χ1) is 5.92. The van der Waals surface area contributed by atoms with Gasteiger partial charge in [0.2, 0.25) is 0 Å². The van der Waals surface area contributed by atoms with Gasteiger partial charge < -0.3 is 4.90 Å². The number of hydrogen-bond donors (Lipinski definition) is 1. The second kappa shape index (κ2) is 4.10. The molecule has 2 saturated heterocycles. The summed E-state index contributed by atoms with van der Waals surface area (Å²) >= 11 is 3.66. The van der Waals surface area contributed by atoms with Crippen LogP contribution >= 0.6 is 15.9 Å². The Hall–Kier alpha value is 0.440. The molecule has 3 atom stereocenters. The predicted molar refractivity (Wildman–Crippen MR) is 54.9 cm³/mol. The average Bonchev–Trinajstić information content (AvgIpc) is 2.17. The van der Waals surface area contributed by atoms with Gasteiger partial charge in [-0.3, -0.25) is 0 Å². The normalized spacial score (nSPS) is 42.2. The standard InChI is InChI=1S/C10H18BrN/c11-8-9-4-3-7-12-6-2-1-5-10(9)12/h9-10H,1-8H2/p+1. The van der Waals surface area contributed by atoms with Gasteiger partial charge in [-0.1, -0.05) is 15.9 Å². The number of quaternary nitrogens is 1. The quantitative estimate of drug-likeness (QED) is 0.650. The van der Waals surface area contributed by atoms with Gasteiger partial charge in [0, 0.05) is 11.2 Å². The first-order valence-electron chi connectivity index (χ1n) is 5.32. The minimum atomic E-state index is 0.981. The summed E-state index contributed by atoms with van der Waals surface area (Å²) in [5, 5.41) is 1.24. The number of alkyl halides is 1. The number of rotatable bonds is 1. The molecule has 3 unspecified atom stereocenters. The van der Waals surface area contributed by atoms with Gasteiger partial charge in [0.1, 0.15) is 0 Å². The van der Waals surface area contributed by atoms with E-state index in [4.69, 9.17) is 0 Å². The van der Waals surface area contributed by atoms with Crippen molar-refractivity contribution in [3.8, 4) is 0 Å². The monoisotopic (exact) mass is 232 g/mol. The highest BCUT2D eigenvalue weighted by atomic mass is 79.9. The molecule has 0 amide bonds. The first-order valence-corrected chi connectivity index (χ1v) is 6.44. The van der Waals surface area contributed by atoms with Gasteiger partial charge >= 0.3 is 0 Å². The van der Waals surface area contributed by atoms with Crippen molar-refractivity contribution in [2.45, 2.75) is 38.1 Å². The van der Waals surface area contributed by atoms with Crippen LogP contribution in [0.15, 0.2) is 0 Å². The lowest BCUT2D eigenvalue weighted by molar-refractivity contribution is -0.939. The minimum Gasteiger partial charge on any atom is -0.332 e. The van der Waals surface area contributed by atoms with Crippen LogP contribution in [0.5, 0.6) is 0 Å². The predicted octanol–water partition coefficient (Wildman–Crippen LogP) is 1.23. The van der Waals surface area contributed by atoms with Gasteiger partial charge in [0.15, 0.2) is 0 Å². The summed E-state index contributed by atoms with van der Waals surface area (Å²) in [5.74, 6) is 0.981. The smallest absolute Gasteiger partial charge is 0.0911 e. The van der Waals surface area contributed by atoms with E-state index < -0.39 is 0 Å². The van der Waals surface area contributed by atoms with Gasteiger partial charge in [0.05, 0.1) is 19.1 Å². The lowest BCUT2D eigenvalue weighted by Crippen LogP contribution is -3.18. The minimum absolute atomic E-state index is 0.981. The first kappa shape index (κ1) is 9.01. The SMILES string of the molecule is BrCC1CCC[NH+]2CCCCC12. The summed E-state index contributed by atoms with van der Waals surface area (Å²) in [6.07, 6.45) is 7.38. The van der Waals surface area contributed by atoms with Crippen LogP contribution in [0.2, 0.25) is 0 Å². The number of nitrogens with one attached hydrogen (secondary N) is 1. The second-order valence-corrected chi connectivity index (χ2v) is 4.96. The zero-order chi connectivity index (χ0) is 8.39. The van der Waals surface area contributed by atoms with Crippen molar-refractivity contribution < 1.29 is 4.90 Å². The molecule has 70 valence electrons. The molecule has 2 heterocycles. The molecule has 0 bridgehead atoms. The van der Waals surface area contributed by atoms with Gasteiger partial charge in [0.25, 0.3) is 0 Å². The zero-order valence-electron chi connectivity index (χ0n) is 7.69. The van der Waals surface area contributed by atoms with Gasteiger partial charge in [-0.25, -0.2) is 0 Å². The molecule has 2 heteroatoms. The molecule has 1 nitrogen and oxygen atoms in total. The average molecular weight is 233 g/mol. The Bertz CT molecular complexity index is 140. The van der Waals surface area contributed by atoms with Crippen molar-refractivity contribution in [2.24, 2.45) is 5.92 Å². The Morgan fingerprint density at radius 3 is 2.75 bits per heavy atom. The topological polar surface area (TPSA) is 4.44 Å². The van der Waals surface area contributed by atoms with Crippen LogP contribution < -0.4 is 4.90 Å². The van der Waals surface area contributed by atoms with Crippen molar-refractivity contribution in [1.29, 1.82) is 0 Å². The molecule has 2 rings (SSSR count). The van der Waals surface area contributed by atoms with Crippen LogP contribution in [-0.4, -0.2) is 24.5 Å². The fourth-order valence-corrected chi connectivity index (χ4v) is 3.74. The maximum absolute atomic E-state index is 3.66. The Labute approximate surface area is 83.6 Å². The van der Waals surface area contributed by atoms with Crippen LogP contribution in [0.1, 0.15) is 32.1 Å². The summed E-state index contributed by atoms with van der Waals surface area (Å²) in [6.45, 7) is 2.91. The fraction of sp³-hybridized carbons (Fsp3) is 1.00. The molecule has 0 aliphatic carbocycles. The molecule has 0 spiro atoms. The Morgan fingerprint density at radius 1 is 1.08 bits per heavy atom. The molecule has 2 aliphatic heterocycles. The second-order valence-electron chi connectivity index (χ2n) is 4.32. The van der Waals surface area contributed by atoms with E-state index in [9.17, 15) is 0 Å². The maximum atomic E-state index is 3.66. The van der Waals surface area contributed by atoms with Crippen molar-refractivity contribution in [3.05, 3.63) is 0 Å². The molecule has 0 radical (unpaired) electrons. The molecule has 12 heavy (non-hydrogen) atoms. The van der Waals surface area contributed by atoms with E-state index in [1.54, 1.807) is 0 Å². The Balaban J connectivity index is 1.99. The van der Waals surface area contributed by atoms with Gasteiger partial charge in [-0.2, -0.15) is 0 Å². The summed E-state index contributed by atoms with van der Waals surface area (Å²) in [7, 11) is 0. The third-order valence-corrected chi connectivity index (χ3v) is 4.46. The molecule has 0 aromatic heterocycles. The van der Waals surface area contributed by atoms with Gasteiger partial charge in [-0.05, 0) is 32.1 Å². The van der Waals surface area contributed by atoms with Crippen molar-refractivity contribution >= 4 is 15.9 Å². The number of fused-ring (bicyclic) bond motifs is 1. The van der Waals surface area contributed by atoms with Crippen LogP contribution in [0.4, 0.5) is 0 Å². The highest BCUT2D eigenvalue weighted by Gasteiger charge is 2.35. The van der Waals surface area contributed by atoms with Crippen LogP contribution in [0.25, 0.3) is 0 Å². The Kier molecular flexibility index (Phi) is 3.08. The third kappa shape index (κ3) is 1.69. The molecule has 2 aliphatic rings. The lowest BCUT2D eigenvalue weighted by Gasteiger charge is -2.40. The van der Waals surface area contributed by atoms with E-state index in [0.29, 0.717) is 0 Å². The molecular weight excluding hydrogens is 214 g/mol. The number of halogens is 1. The highest BCUT2D eigenvalue weighted by Crippen LogP contribution is 2.21. The zero-order valence-corrected chi connectivity index (χ0v) is 9.28. The molecule has 0 aromatic rings. The van der Waals surface area contributed by atoms with Crippen LogP contribution in [0, 0.1) is 5.92 Å². The van der Waals surface area contributed by atoms with Crippen molar-refractivity contribution in [2.75, 3.05) is 18.4 Å². The van der Waals surface area contributed by atoms with Crippen molar-refractivity contribution in [3.63, 3.8) is 0 Å². The largest absolute Gasteiger partial charge is 0.332 e. The summed E-state index contributed by atoms with van der Waals surface area (Å²) in [4.78, 5) is 1.91. The Morgan fingerprint density at radius 2 is 1.92 bits per heavy atom. The van der Waals surface area contributed by atoms with Gasteiger partial charge in [-0.15, -0.1) is 0 Å². The molecule has 2 fully saturated rings. The summed E-state index contributed by atoms with van der Waals surface area (Å²) < 4.78 is 0. The van der Waals surface area contributed by atoms with E-state index in [2.05, 4.69) is 15.9 Å². The summed E-state index contributed by atoms with van der Waals surface area (Å²) in [6, 6.07) is 1.01. The van der Waals surface area contributed by atoms with E-state index in [1.165, 1.54) is 50.5 Å². The number of hydrogen-bond acceptors (Lipinski definition) is 0. The van der Waals surface area contributed by atoms with E-state index in [-0.39, 0.29) is 0 Å². The molecule has 0 aromatic carbocycles. The fourth-order valence-electron chi connectivity index (χ4n) is 2.96. The molecule has 0 saturated carbocycles. The van der Waals surface area contributed by atoms with E-state index in [0.717, 1.165) is 12.0 Å². The van der Waals surface area contributed by atoms with E-state index in [1.807, 2.05) is 4.90 Å². The van der Waals surface area contributed by atoms with Crippen molar-refractivity contribution in [1.82, 2.24) is 0 Å². The van der Waals surface area contributed by atoms with Crippen LogP contribution in [0.3, 0.4) is 0 Å². The third-order valence-electron chi connectivity index (χ3n) is 3.63. The number of piperidine rings is 2.